The quantitative estimate of drug-likeness (QED) is 0.846. The minimum atomic E-state index is 0.0482. The third-order valence-electron chi connectivity index (χ3n) is 3.75. The number of rotatable bonds is 5. The molecule has 0 radical (unpaired) electrons. The van der Waals surface area contributed by atoms with E-state index in [1.165, 1.54) is 0 Å². The molecule has 1 aromatic rings. The Morgan fingerprint density at radius 2 is 2.00 bits per heavy atom. The molecule has 1 N–H and O–H groups in total. The Kier molecular flexibility index (Phi) is 6.98. The average Bonchev–Trinajstić information content (AvgIpc) is 2.49. The van der Waals surface area contributed by atoms with Crippen molar-refractivity contribution < 1.29 is 9.90 Å². The Hall–Kier alpha value is -1.79. The lowest BCUT2D eigenvalue weighted by atomic mass is 10.0. The van der Waals surface area contributed by atoms with E-state index in [0.29, 0.717) is 12.0 Å². The summed E-state index contributed by atoms with van der Waals surface area (Å²) in [4.78, 5) is 14.5. The largest absolute Gasteiger partial charge is 0.395 e. The number of hydrogen-bond donors (Lipinski definition) is 1. The highest BCUT2D eigenvalue weighted by Crippen LogP contribution is 2.16. The number of carbonyl (C=O) groups excluding carboxylic acids is 1. The summed E-state index contributed by atoms with van der Waals surface area (Å²) in [7, 11) is 1.86. The van der Waals surface area contributed by atoms with Gasteiger partial charge in [0.1, 0.15) is 0 Å². The zero-order chi connectivity index (χ0) is 15.8. The molecule has 0 aromatic heterocycles. The number of aliphatic hydroxyl groups excluding tert-OH is 1. The second-order valence-electron chi connectivity index (χ2n) is 5.19. The number of aliphatic hydroxyl groups is 1. The molecule has 0 saturated heterocycles. The predicted molar refractivity (Wildman–Crippen MR) is 86.2 cm³/mol. The fourth-order valence-corrected chi connectivity index (χ4v) is 2.34. The summed E-state index contributed by atoms with van der Waals surface area (Å²) in [5.41, 5.74) is 2.49. The third-order valence-corrected chi connectivity index (χ3v) is 3.75. The van der Waals surface area contributed by atoms with Crippen molar-refractivity contribution in [2.75, 3.05) is 13.7 Å². The molecule has 0 heterocycles. The van der Waals surface area contributed by atoms with Crippen LogP contribution in [0.2, 0.25) is 0 Å². The average molecular weight is 287 g/mol. The van der Waals surface area contributed by atoms with Crippen LogP contribution in [0.1, 0.15) is 54.6 Å². The molecule has 0 fully saturated rings. The van der Waals surface area contributed by atoms with Gasteiger partial charge < -0.3 is 10.0 Å². The Balaban J connectivity index is 3.04. The van der Waals surface area contributed by atoms with E-state index < -0.39 is 0 Å². The van der Waals surface area contributed by atoms with Gasteiger partial charge in [-0.1, -0.05) is 31.8 Å². The zero-order valence-corrected chi connectivity index (χ0v) is 13.4. The Morgan fingerprint density at radius 1 is 1.33 bits per heavy atom. The smallest absolute Gasteiger partial charge is 0.254 e. The van der Waals surface area contributed by atoms with Gasteiger partial charge in [-0.2, -0.15) is 0 Å². The molecule has 3 nitrogen and oxygen atoms in total. The molecule has 0 aliphatic carbocycles. The van der Waals surface area contributed by atoms with Gasteiger partial charge in [0.15, 0.2) is 0 Å². The molecule has 0 bridgehead atoms. The maximum Gasteiger partial charge on any atom is 0.254 e. The van der Waals surface area contributed by atoms with Crippen LogP contribution in [-0.4, -0.2) is 35.6 Å². The summed E-state index contributed by atoms with van der Waals surface area (Å²) in [6.45, 7) is 6.20. The Morgan fingerprint density at radius 3 is 2.57 bits per heavy atom. The Bertz CT molecular complexity index is 536. The van der Waals surface area contributed by atoms with E-state index in [4.69, 9.17) is 5.11 Å². The lowest BCUT2D eigenvalue weighted by Gasteiger charge is -2.27. The van der Waals surface area contributed by atoms with E-state index in [0.717, 1.165) is 24.0 Å². The van der Waals surface area contributed by atoms with Gasteiger partial charge in [0.05, 0.1) is 6.61 Å². The number of nitrogens with zero attached hydrogens (tertiary/aromatic N) is 1. The molecule has 0 saturated carbocycles. The van der Waals surface area contributed by atoms with Crippen LogP contribution in [0.5, 0.6) is 0 Å². The molecular formula is C18H25NO2. The number of hydrogen-bond acceptors (Lipinski definition) is 2. The molecule has 1 rings (SSSR count). The molecule has 0 aliphatic heterocycles. The molecule has 114 valence electrons. The topological polar surface area (TPSA) is 40.5 Å². The fourth-order valence-electron chi connectivity index (χ4n) is 2.34. The highest BCUT2D eigenvalue weighted by atomic mass is 16.2. The second kappa shape index (κ2) is 8.49. The van der Waals surface area contributed by atoms with Crippen LogP contribution in [0.3, 0.4) is 0 Å². The molecule has 0 unspecified atom stereocenters. The molecule has 21 heavy (non-hydrogen) atoms. The SMILES string of the molecule is CCC(CC)N(C)C(=O)c1cc(C#CCCO)ccc1C. The molecule has 0 aliphatic rings. The fraction of sp³-hybridized carbons (Fsp3) is 0.500. The molecule has 1 aromatic carbocycles. The predicted octanol–water partition coefficient (Wildman–Crippen LogP) is 2.99. The van der Waals surface area contributed by atoms with Crippen molar-refractivity contribution in [3.63, 3.8) is 0 Å². The van der Waals surface area contributed by atoms with Crippen LogP contribution in [0.25, 0.3) is 0 Å². The first-order valence-corrected chi connectivity index (χ1v) is 7.52. The van der Waals surface area contributed by atoms with Crippen molar-refractivity contribution >= 4 is 5.91 Å². The molecule has 3 heteroatoms. The first kappa shape index (κ1) is 17.3. The molecule has 1 amide bonds. The van der Waals surface area contributed by atoms with Gasteiger partial charge in [-0.15, -0.1) is 0 Å². The van der Waals surface area contributed by atoms with Gasteiger partial charge in [0.2, 0.25) is 0 Å². The molecule has 0 spiro atoms. The van der Waals surface area contributed by atoms with Crippen LogP contribution in [0, 0.1) is 18.8 Å². The van der Waals surface area contributed by atoms with Gasteiger partial charge in [0, 0.05) is 30.6 Å². The van der Waals surface area contributed by atoms with Crippen LogP contribution < -0.4 is 0 Å². The zero-order valence-electron chi connectivity index (χ0n) is 13.4. The van der Waals surface area contributed by atoms with E-state index in [1.807, 2.05) is 37.1 Å². The number of aryl methyl sites for hydroxylation is 1. The third kappa shape index (κ3) is 4.61. The summed E-state index contributed by atoms with van der Waals surface area (Å²) >= 11 is 0. The van der Waals surface area contributed by atoms with Gasteiger partial charge in [-0.25, -0.2) is 0 Å². The number of carbonyl (C=O) groups is 1. The molecular weight excluding hydrogens is 262 g/mol. The molecule has 0 atom stereocenters. The minimum Gasteiger partial charge on any atom is -0.395 e. The first-order chi connectivity index (χ1) is 10.0. The van der Waals surface area contributed by atoms with Gasteiger partial charge in [-0.05, 0) is 37.5 Å². The van der Waals surface area contributed by atoms with Gasteiger partial charge in [-0.3, -0.25) is 4.79 Å². The highest BCUT2D eigenvalue weighted by Gasteiger charge is 2.19. The Labute approximate surface area is 128 Å². The summed E-state index contributed by atoms with van der Waals surface area (Å²) < 4.78 is 0. The van der Waals surface area contributed by atoms with Crippen LogP contribution in [0.15, 0.2) is 18.2 Å². The summed E-state index contributed by atoms with van der Waals surface area (Å²) in [5.74, 6) is 5.92. The maximum atomic E-state index is 12.6. The van der Waals surface area contributed by atoms with Crippen molar-refractivity contribution in [2.24, 2.45) is 0 Å². The van der Waals surface area contributed by atoms with E-state index in [-0.39, 0.29) is 18.6 Å². The minimum absolute atomic E-state index is 0.0482. The van der Waals surface area contributed by atoms with Crippen molar-refractivity contribution in [2.45, 2.75) is 46.1 Å². The van der Waals surface area contributed by atoms with E-state index in [2.05, 4.69) is 25.7 Å². The van der Waals surface area contributed by atoms with E-state index in [9.17, 15) is 4.79 Å². The standard InChI is InChI=1S/C18H25NO2/c1-5-16(6-2)19(4)18(21)17-13-15(9-7-8-12-20)11-10-14(17)3/h10-11,13,16,20H,5-6,8,12H2,1-4H3. The number of benzene rings is 1. The van der Waals surface area contributed by atoms with Crippen molar-refractivity contribution in [3.05, 3.63) is 34.9 Å². The summed E-state index contributed by atoms with van der Waals surface area (Å²) in [6, 6.07) is 5.95. The summed E-state index contributed by atoms with van der Waals surface area (Å²) in [5, 5.41) is 8.76. The lowest BCUT2D eigenvalue weighted by Crippen LogP contribution is -2.36. The lowest BCUT2D eigenvalue weighted by molar-refractivity contribution is 0.0723. The maximum absolute atomic E-state index is 12.6. The number of amides is 1. The van der Waals surface area contributed by atoms with Crippen molar-refractivity contribution in [3.8, 4) is 11.8 Å². The van der Waals surface area contributed by atoms with Crippen LogP contribution >= 0.6 is 0 Å². The second-order valence-corrected chi connectivity index (χ2v) is 5.19. The van der Waals surface area contributed by atoms with Crippen LogP contribution in [-0.2, 0) is 0 Å². The highest BCUT2D eigenvalue weighted by molar-refractivity contribution is 5.96. The van der Waals surface area contributed by atoms with Crippen molar-refractivity contribution in [1.29, 1.82) is 0 Å². The van der Waals surface area contributed by atoms with E-state index in [1.54, 1.807) is 0 Å². The van der Waals surface area contributed by atoms with Crippen LogP contribution in [0.4, 0.5) is 0 Å². The van der Waals surface area contributed by atoms with E-state index >= 15 is 0 Å². The first-order valence-electron chi connectivity index (χ1n) is 7.52. The normalized spacial score (nSPS) is 10.2. The summed E-state index contributed by atoms with van der Waals surface area (Å²) in [6.07, 6.45) is 2.35. The monoisotopic (exact) mass is 287 g/mol. The van der Waals surface area contributed by atoms with Gasteiger partial charge in [0.25, 0.3) is 5.91 Å². The van der Waals surface area contributed by atoms with Crippen molar-refractivity contribution in [1.82, 2.24) is 4.90 Å². The van der Waals surface area contributed by atoms with Gasteiger partial charge >= 0.3 is 0 Å².